The minimum absolute atomic E-state index is 0.165. The fraction of sp³-hybridized carbons (Fsp3) is 0.600. The van der Waals surface area contributed by atoms with E-state index in [9.17, 15) is 5.11 Å². The molecule has 13 heavy (non-hydrogen) atoms. The molecule has 1 unspecified atom stereocenters. The number of aliphatic hydroxyl groups is 1. The molecule has 3 heteroatoms. The summed E-state index contributed by atoms with van der Waals surface area (Å²) in [6, 6.07) is 2.08. The predicted octanol–water partition coefficient (Wildman–Crippen LogP) is 3.21. The Bertz CT molecular complexity index is 302. The van der Waals surface area contributed by atoms with Crippen LogP contribution < -0.4 is 0 Å². The standard InChI is InChI=1S/C10H13BrOS/c1-7(12)10(3-4-10)6-9-8(11)2-5-13-9/h2,5,7,12H,3-4,6H2,1H3. The van der Waals surface area contributed by atoms with Gasteiger partial charge in [0.1, 0.15) is 0 Å². The van der Waals surface area contributed by atoms with E-state index in [1.54, 1.807) is 11.3 Å². The Kier molecular flexibility index (Phi) is 2.51. The minimum Gasteiger partial charge on any atom is -0.393 e. The van der Waals surface area contributed by atoms with Gasteiger partial charge in [-0.2, -0.15) is 0 Å². The predicted molar refractivity (Wildman–Crippen MR) is 59.1 cm³/mol. The second-order valence-corrected chi connectivity index (χ2v) is 5.76. The van der Waals surface area contributed by atoms with Crippen molar-refractivity contribution in [2.24, 2.45) is 5.41 Å². The highest BCUT2D eigenvalue weighted by Crippen LogP contribution is 2.52. The van der Waals surface area contributed by atoms with Gasteiger partial charge in [0.15, 0.2) is 0 Å². The van der Waals surface area contributed by atoms with E-state index >= 15 is 0 Å². The highest BCUT2D eigenvalue weighted by atomic mass is 79.9. The van der Waals surface area contributed by atoms with Crippen LogP contribution in [-0.2, 0) is 6.42 Å². The summed E-state index contributed by atoms with van der Waals surface area (Å²) in [5.41, 5.74) is 0.202. The lowest BCUT2D eigenvalue weighted by Crippen LogP contribution is -2.20. The summed E-state index contributed by atoms with van der Waals surface area (Å²) < 4.78 is 1.20. The molecule has 0 spiro atoms. The molecule has 1 fully saturated rings. The van der Waals surface area contributed by atoms with Gasteiger partial charge in [-0.3, -0.25) is 0 Å². The van der Waals surface area contributed by atoms with Gasteiger partial charge in [-0.25, -0.2) is 0 Å². The molecule has 0 aliphatic heterocycles. The van der Waals surface area contributed by atoms with E-state index in [-0.39, 0.29) is 11.5 Å². The Balaban J connectivity index is 2.10. The molecule has 1 nitrogen and oxygen atoms in total. The van der Waals surface area contributed by atoms with E-state index in [1.807, 2.05) is 6.92 Å². The van der Waals surface area contributed by atoms with Crippen LogP contribution in [0.2, 0.25) is 0 Å². The van der Waals surface area contributed by atoms with Gasteiger partial charge in [-0.15, -0.1) is 11.3 Å². The Hall–Kier alpha value is 0.140. The number of hydrogen-bond acceptors (Lipinski definition) is 2. The summed E-state index contributed by atoms with van der Waals surface area (Å²) in [5, 5.41) is 11.7. The quantitative estimate of drug-likeness (QED) is 0.885. The molecule has 1 heterocycles. The van der Waals surface area contributed by atoms with Gasteiger partial charge in [-0.1, -0.05) is 0 Å². The first kappa shape index (κ1) is 9.69. The number of rotatable bonds is 3. The lowest BCUT2D eigenvalue weighted by molar-refractivity contribution is 0.111. The maximum absolute atomic E-state index is 9.62. The fourth-order valence-electron chi connectivity index (χ4n) is 1.67. The van der Waals surface area contributed by atoms with E-state index < -0.39 is 0 Å². The van der Waals surface area contributed by atoms with Crippen LogP contribution in [0.25, 0.3) is 0 Å². The molecule has 1 aromatic rings. The van der Waals surface area contributed by atoms with Gasteiger partial charge in [0.2, 0.25) is 0 Å². The highest BCUT2D eigenvalue weighted by Gasteiger charge is 2.47. The highest BCUT2D eigenvalue weighted by molar-refractivity contribution is 9.10. The Morgan fingerprint density at radius 2 is 2.38 bits per heavy atom. The molecule has 1 saturated carbocycles. The Labute approximate surface area is 90.9 Å². The van der Waals surface area contributed by atoms with E-state index in [1.165, 1.54) is 22.2 Å². The number of thiophene rings is 1. The molecule has 1 atom stereocenters. The van der Waals surface area contributed by atoms with Crippen LogP contribution in [0.15, 0.2) is 15.9 Å². The first-order chi connectivity index (χ1) is 6.14. The smallest absolute Gasteiger partial charge is 0.0571 e. The summed E-state index contributed by atoms with van der Waals surface area (Å²) >= 11 is 5.30. The third-order valence-corrected chi connectivity index (χ3v) is 4.91. The third kappa shape index (κ3) is 1.83. The van der Waals surface area contributed by atoms with Crippen LogP contribution in [0.4, 0.5) is 0 Å². The molecule has 0 radical (unpaired) electrons. The van der Waals surface area contributed by atoms with Crippen molar-refractivity contribution in [2.45, 2.75) is 32.3 Å². The van der Waals surface area contributed by atoms with E-state index in [0.717, 1.165) is 6.42 Å². The number of halogens is 1. The van der Waals surface area contributed by atoms with Crippen molar-refractivity contribution in [1.82, 2.24) is 0 Å². The van der Waals surface area contributed by atoms with Crippen molar-refractivity contribution >= 4 is 27.3 Å². The van der Waals surface area contributed by atoms with Crippen molar-refractivity contribution < 1.29 is 5.11 Å². The van der Waals surface area contributed by atoms with Crippen molar-refractivity contribution in [3.63, 3.8) is 0 Å². The molecule has 0 saturated heterocycles. The molecule has 1 aliphatic carbocycles. The van der Waals surface area contributed by atoms with Gasteiger partial charge in [-0.05, 0) is 53.6 Å². The molecule has 1 N–H and O–H groups in total. The van der Waals surface area contributed by atoms with E-state index in [4.69, 9.17) is 0 Å². The minimum atomic E-state index is -0.165. The Morgan fingerprint density at radius 1 is 1.69 bits per heavy atom. The topological polar surface area (TPSA) is 20.2 Å². The zero-order valence-corrected chi connectivity index (χ0v) is 9.99. The van der Waals surface area contributed by atoms with Crippen LogP contribution in [0.5, 0.6) is 0 Å². The summed E-state index contributed by atoms with van der Waals surface area (Å²) in [7, 11) is 0. The normalized spacial score (nSPS) is 21.5. The third-order valence-electron chi connectivity index (χ3n) is 2.98. The molecule has 1 aromatic heterocycles. The van der Waals surface area contributed by atoms with E-state index in [2.05, 4.69) is 27.4 Å². The first-order valence-corrected chi connectivity index (χ1v) is 6.21. The molecule has 0 bridgehead atoms. The van der Waals surface area contributed by atoms with Crippen molar-refractivity contribution in [1.29, 1.82) is 0 Å². The SMILES string of the molecule is CC(O)C1(Cc2sccc2Br)CC1. The molecular formula is C10H13BrOS. The molecule has 2 rings (SSSR count). The van der Waals surface area contributed by atoms with Crippen LogP contribution >= 0.6 is 27.3 Å². The van der Waals surface area contributed by atoms with Crippen molar-refractivity contribution in [3.8, 4) is 0 Å². The van der Waals surface area contributed by atoms with Crippen LogP contribution in [0.3, 0.4) is 0 Å². The zero-order valence-electron chi connectivity index (χ0n) is 7.59. The molecule has 0 aromatic carbocycles. The first-order valence-electron chi connectivity index (χ1n) is 4.54. The molecule has 1 aliphatic rings. The largest absolute Gasteiger partial charge is 0.393 e. The van der Waals surface area contributed by atoms with Gasteiger partial charge < -0.3 is 5.11 Å². The average Bonchev–Trinajstić information content (AvgIpc) is 2.74. The molecule has 72 valence electrons. The van der Waals surface area contributed by atoms with Gasteiger partial charge in [0.25, 0.3) is 0 Å². The lowest BCUT2D eigenvalue weighted by atomic mass is 9.95. The monoisotopic (exact) mass is 260 g/mol. The maximum atomic E-state index is 9.62. The number of hydrogen-bond donors (Lipinski definition) is 1. The van der Waals surface area contributed by atoms with E-state index in [0.29, 0.717) is 0 Å². The molecular weight excluding hydrogens is 248 g/mol. The van der Waals surface area contributed by atoms with Gasteiger partial charge in [0.05, 0.1) is 6.10 Å². The van der Waals surface area contributed by atoms with Gasteiger partial charge in [0, 0.05) is 14.8 Å². The van der Waals surface area contributed by atoms with Crippen LogP contribution in [0, 0.1) is 5.41 Å². The second kappa shape index (κ2) is 3.37. The summed E-state index contributed by atoms with van der Waals surface area (Å²) in [6.45, 7) is 1.91. The summed E-state index contributed by atoms with van der Waals surface area (Å²) in [6.07, 6.45) is 3.22. The molecule has 0 amide bonds. The van der Waals surface area contributed by atoms with Gasteiger partial charge >= 0.3 is 0 Å². The zero-order chi connectivity index (χ0) is 9.47. The van der Waals surface area contributed by atoms with Crippen molar-refractivity contribution in [2.75, 3.05) is 0 Å². The lowest BCUT2D eigenvalue weighted by Gasteiger charge is -2.17. The van der Waals surface area contributed by atoms with Crippen LogP contribution in [0.1, 0.15) is 24.6 Å². The fourth-order valence-corrected chi connectivity index (χ4v) is 3.32. The maximum Gasteiger partial charge on any atom is 0.0571 e. The van der Waals surface area contributed by atoms with Crippen molar-refractivity contribution in [3.05, 3.63) is 20.8 Å². The number of aliphatic hydroxyl groups excluding tert-OH is 1. The van der Waals surface area contributed by atoms with Crippen LogP contribution in [-0.4, -0.2) is 11.2 Å². The average molecular weight is 261 g/mol. The Morgan fingerprint density at radius 3 is 2.77 bits per heavy atom. The summed E-state index contributed by atoms with van der Waals surface area (Å²) in [5.74, 6) is 0. The second-order valence-electron chi connectivity index (χ2n) is 3.91. The summed E-state index contributed by atoms with van der Waals surface area (Å²) in [4.78, 5) is 1.37.